The highest BCUT2D eigenvalue weighted by Gasteiger charge is 2.35. The van der Waals surface area contributed by atoms with Gasteiger partial charge < -0.3 is 14.2 Å². The number of carbonyl (C=O) groups excluding carboxylic acids is 1. The quantitative estimate of drug-likeness (QED) is 0.662. The Balaban J connectivity index is 1.36. The average Bonchev–Trinajstić information content (AvgIpc) is 3.45. The van der Waals surface area contributed by atoms with Crippen molar-refractivity contribution in [3.05, 3.63) is 46.6 Å². The number of thiophene rings is 1. The fraction of sp³-hybridized carbons (Fsp3) is 0.381. The zero-order chi connectivity index (χ0) is 19.1. The summed E-state index contributed by atoms with van der Waals surface area (Å²) < 4.78 is 10.8. The maximum Gasteiger partial charge on any atom is 0.268 e. The summed E-state index contributed by atoms with van der Waals surface area (Å²) in [5.74, 6) is 1.92. The molecular formula is C21H21N3O3S. The van der Waals surface area contributed by atoms with Crippen molar-refractivity contribution in [2.75, 3.05) is 18.6 Å². The Bertz CT molecular complexity index is 1000. The number of hydrogen-bond acceptors (Lipinski definition) is 6. The van der Waals surface area contributed by atoms with E-state index in [0.717, 1.165) is 29.2 Å². The summed E-state index contributed by atoms with van der Waals surface area (Å²) in [4.78, 5) is 21.5. The summed E-state index contributed by atoms with van der Waals surface area (Å²) in [5, 5.41) is 4.19. The van der Waals surface area contributed by atoms with E-state index >= 15 is 0 Å². The van der Waals surface area contributed by atoms with Crippen LogP contribution in [0.4, 0.5) is 5.69 Å². The molecule has 1 aromatic carbocycles. The summed E-state index contributed by atoms with van der Waals surface area (Å²) >= 11 is 1.76. The topological polar surface area (TPSA) is 68.5 Å². The molecule has 1 saturated heterocycles. The second kappa shape index (κ2) is 7.05. The molecule has 2 aromatic heterocycles. The number of nitrogens with zero attached hydrogens (tertiary/aromatic N) is 3. The third kappa shape index (κ3) is 3.09. The lowest BCUT2D eigenvalue weighted by Crippen LogP contribution is -2.24. The van der Waals surface area contributed by atoms with Crippen molar-refractivity contribution in [2.24, 2.45) is 0 Å². The Morgan fingerprint density at radius 1 is 1.25 bits per heavy atom. The molecule has 0 N–H and O–H groups in total. The molecule has 2 aliphatic rings. The monoisotopic (exact) mass is 395 g/mol. The molecular weight excluding hydrogens is 374 g/mol. The molecule has 0 radical (unpaired) electrons. The molecule has 1 atom stereocenters. The normalized spacial score (nSPS) is 19.1. The molecule has 1 aliphatic heterocycles. The van der Waals surface area contributed by atoms with E-state index in [1.165, 1.54) is 23.3 Å². The van der Waals surface area contributed by atoms with Crippen molar-refractivity contribution in [1.29, 1.82) is 0 Å². The van der Waals surface area contributed by atoms with E-state index in [0.29, 0.717) is 24.7 Å². The van der Waals surface area contributed by atoms with Crippen LogP contribution < -0.4 is 9.64 Å². The van der Waals surface area contributed by atoms with Gasteiger partial charge in [0.15, 0.2) is 5.82 Å². The standard InChI is InChI=1S/C21H21N3O3S/c1-26-16-7-4-6-15(11-16)24-12-14(10-19(24)25)20-22-21(27-23-20)18-9-13-5-2-3-8-17(13)28-18/h4,6-7,9,11,14H,2-3,5,8,10,12H2,1H3. The lowest BCUT2D eigenvalue weighted by molar-refractivity contribution is -0.117. The summed E-state index contributed by atoms with van der Waals surface area (Å²) in [6, 6.07) is 9.74. The maximum atomic E-state index is 12.6. The molecule has 7 heteroatoms. The highest BCUT2D eigenvalue weighted by Crippen LogP contribution is 2.37. The lowest BCUT2D eigenvalue weighted by atomic mass is 9.99. The smallest absolute Gasteiger partial charge is 0.268 e. The molecule has 144 valence electrons. The van der Waals surface area contributed by atoms with Crippen LogP contribution in [0, 0.1) is 0 Å². The van der Waals surface area contributed by atoms with Crippen molar-refractivity contribution in [3.8, 4) is 16.5 Å². The van der Waals surface area contributed by atoms with E-state index in [9.17, 15) is 4.79 Å². The summed E-state index contributed by atoms with van der Waals surface area (Å²) in [6.45, 7) is 0.548. The van der Waals surface area contributed by atoms with Crippen LogP contribution in [-0.4, -0.2) is 29.7 Å². The van der Waals surface area contributed by atoms with Crippen molar-refractivity contribution in [1.82, 2.24) is 10.1 Å². The first-order valence-electron chi connectivity index (χ1n) is 9.61. The maximum absolute atomic E-state index is 12.6. The van der Waals surface area contributed by atoms with Gasteiger partial charge in [0.2, 0.25) is 5.91 Å². The molecule has 6 nitrogen and oxygen atoms in total. The molecule has 0 saturated carbocycles. The number of ether oxygens (including phenoxy) is 1. The largest absolute Gasteiger partial charge is 0.497 e. The van der Waals surface area contributed by atoms with Crippen LogP contribution in [0.2, 0.25) is 0 Å². The number of hydrogen-bond donors (Lipinski definition) is 0. The van der Waals surface area contributed by atoms with E-state index in [4.69, 9.17) is 9.26 Å². The predicted octanol–water partition coefficient (Wildman–Crippen LogP) is 4.21. The van der Waals surface area contributed by atoms with Crippen LogP contribution in [-0.2, 0) is 17.6 Å². The van der Waals surface area contributed by atoms with Crippen LogP contribution >= 0.6 is 11.3 Å². The number of aryl methyl sites for hydroxylation is 2. The molecule has 5 rings (SSSR count). The van der Waals surface area contributed by atoms with Gasteiger partial charge in [-0.05, 0) is 49.4 Å². The van der Waals surface area contributed by atoms with Gasteiger partial charge in [0.05, 0.1) is 12.0 Å². The van der Waals surface area contributed by atoms with Crippen molar-refractivity contribution in [2.45, 2.75) is 38.0 Å². The fourth-order valence-electron chi connectivity index (χ4n) is 4.01. The molecule has 1 amide bonds. The van der Waals surface area contributed by atoms with Crippen LogP contribution in [0.25, 0.3) is 10.8 Å². The number of carbonyl (C=O) groups is 1. The molecule has 1 unspecified atom stereocenters. The SMILES string of the molecule is COc1cccc(N2CC(c3noc(-c4cc5c(s4)CCCC5)n3)CC2=O)c1. The number of aromatic nitrogens is 2. The number of rotatable bonds is 4. The Morgan fingerprint density at radius 3 is 3.00 bits per heavy atom. The minimum absolute atomic E-state index is 0.0641. The van der Waals surface area contributed by atoms with E-state index < -0.39 is 0 Å². The van der Waals surface area contributed by atoms with Gasteiger partial charge in [-0.1, -0.05) is 11.2 Å². The average molecular weight is 395 g/mol. The Hall–Kier alpha value is -2.67. The van der Waals surface area contributed by atoms with Crippen LogP contribution in [0.15, 0.2) is 34.9 Å². The van der Waals surface area contributed by atoms with E-state index in [2.05, 4.69) is 16.2 Å². The van der Waals surface area contributed by atoms with E-state index in [-0.39, 0.29) is 11.8 Å². The molecule has 0 spiro atoms. The minimum atomic E-state index is -0.0641. The fourth-order valence-corrected chi connectivity index (χ4v) is 5.18. The zero-order valence-corrected chi connectivity index (χ0v) is 16.5. The Kier molecular flexibility index (Phi) is 4.39. The Labute approximate surface area is 167 Å². The first-order valence-corrected chi connectivity index (χ1v) is 10.4. The van der Waals surface area contributed by atoms with Gasteiger partial charge in [-0.2, -0.15) is 4.98 Å². The van der Waals surface area contributed by atoms with Gasteiger partial charge in [-0.15, -0.1) is 11.3 Å². The molecule has 0 bridgehead atoms. The third-order valence-corrected chi connectivity index (χ3v) is 6.73. The summed E-state index contributed by atoms with van der Waals surface area (Å²) in [5.41, 5.74) is 2.26. The van der Waals surface area contributed by atoms with Gasteiger partial charge in [-0.3, -0.25) is 4.79 Å². The van der Waals surface area contributed by atoms with Gasteiger partial charge in [0.1, 0.15) is 5.75 Å². The van der Waals surface area contributed by atoms with Gasteiger partial charge in [0.25, 0.3) is 5.89 Å². The number of amides is 1. The van der Waals surface area contributed by atoms with Crippen LogP contribution in [0.3, 0.4) is 0 Å². The van der Waals surface area contributed by atoms with E-state index in [1.807, 2.05) is 24.3 Å². The van der Waals surface area contributed by atoms with E-state index in [1.54, 1.807) is 23.3 Å². The lowest BCUT2D eigenvalue weighted by Gasteiger charge is -2.16. The number of anilines is 1. The van der Waals surface area contributed by atoms with Crippen LogP contribution in [0.1, 0.15) is 41.4 Å². The highest BCUT2D eigenvalue weighted by molar-refractivity contribution is 7.15. The van der Waals surface area contributed by atoms with Gasteiger partial charge >= 0.3 is 0 Å². The first-order chi connectivity index (χ1) is 13.7. The number of fused-ring (bicyclic) bond motifs is 1. The molecule has 28 heavy (non-hydrogen) atoms. The Morgan fingerprint density at radius 2 is 2.14 bits per heavy atom. The van der Waals surface area contributed by atoms with Crippen molar-refractivity contribution >= 4 is 22.9 Å². The molecule has 1 fully saturated rings. The minimum Gasteiger partial charge on any atom is -0.497 e. The van der Waals surface area contributed by atoms with Gasteiger partial charge in [-0.25, -0.2) is 0 Å². The zero-order valence-electron chi connectivity index (χ0n) is 15.7. The number of benzene rings is 1. The second-order valence-corrected chi connectivity index (χ2v) is 8.47. The predicted molar refractivity (Wildman–Crippen MR) is 107 cm³/mol. The van der Waals surface area contributed by atoms with Crippen LogP contribution in [0.5, 0.6) is 5.75 Å². The first kappa shape index (κ1) is 17.4. The van der Waals surface area contributed by atoms with Gasteiger partial charge in [0, 0.05) is 35.5 Å². The molecule has 3 heterocycles. The second-order valence-electron chi connectivity index (χ2n) is 7.33. The van der Waals surface area contributed by atoms with Crippen molar-refractivity contribution in [3.63, 3.8) is 0 Å². The number of methoxy groups -OCH3 is 1. The summed E-state index contributed by atoms with van der Waals surface area (Å²) in [7, 11) is 1.62. The summed E-state index contributed by atoms with van der Waals surface area (Å²) in [6.07, 6.45) is 5.18. The molecule has 1 aliphatic carbocycles. The molecule has 3 aromatic rings. The van der Waals surface area contributed by atoms with Crippen molar-refractivity contribution < 1.29 is 14.1 Å². The highest BCUT2D eigenvalue weighted by atomic mass is 32.1. The third-order valence-electron chi connectivity index (χ3n) is 5.50.